The quantitative estimate of drug-likeness (QED) is 0.501. The third-order valence-corrected chi connectivity index (χ3v) is 5.22. The van der Waals surface area contributed by atoms with Crippen LogP contribution in [0.3, 0.4) is 0 Å². The normalized spacial score (nSPS) is 12.2. The van der Waals surface area contributed by atoms with Gasteiger partial charge in [-0.1, -0.05) is 42.8 Å². The Morgan fingerprint density at radius 3 is 2.23 bits per heavy atom. The molecule has 74 valence electrons. The van der Waals surface area contributed by atoms with Gasteiger partial charge in [-0.25, -0.2) is 4.98 Å². The predicted molar refractivity (Wildman–Crippen MR) is 65.8 cm³/mol. The molecule has 0 amide bonds. The molecule has 0 atom stereocenters. The first-order valence-corrected chi connectivity index (χ1v) is 9.70. The van der Waals surface area contributed by atoms with Gasteiger partial charge in [-0.05, 0) is 10.8 Å². The van der Waals surface area contributed by atoms with Crippen LogP contribution in [0.15, 0.2) is 5.16 Å². The second-order valence-electron chi connectivity index (χ2n) is 3.57. The molecule has 0 bridgehead atoms. The lowest BCUT2D eigenvalue weighted by Crippen LogP contribution is -2.32. The summed E-state index contributed by atoms with van der Waals surface area (Å²) in [4.78, 5) is 4.11. The van der Waals surface area contributed by atoms with E-state index in [-0.39, 0.29) is 0 Å². The molecule has 0 unspecified atom stereocenters. The van der Waals surface area contributed by atoms with Crippen LogP contribution in [0.2, 0.25) is 29.9 Å². The maximum atomic E-state index is 6.03. The van der Waals surface area contributed by atoms with Crippen LogP contribution in [0.5, 0.6) is 0 Å². The average molecular weight is 273 g/mol. The van der Waals surface area contributed by atoms with E-state index in [0.717, 1.165) is 5.16 Å². The van der Waals surface area contributed by atoms with Gasteiger partial charge in [0.05, 0.1) is 0 Å². The average Bonchev–Trinajstić information content (AvgIpc) is 2.26. The van der Waals surface area contributed by atoms with Crippen LogP contribution in [-0.2, 0) is 0 Å². The lowest BCUT2D eigenvalue weighted by Gasteiger charge is -2.20. The van der Waals surface area contributed by atoms with Gasteiger partial charge < -0.3 is 4.23 Å². The molecule has 7 heteroatoms. The Balaban J connectivity index is 3.33. The number of thiol groups is 1. The Bertz CT molecular complexity index is 321. The summed E-state index contributed by atoms with van der Waals surface area (Å²) in [5.41, 5.74) is 0. The highest BCUT2D eigenvalue weighted by Crippen LogP contribution is 2.32. The molecule has 0 aliphatic heterocycles. The summed E-state index contributed by atoms with van der Waals surface area (Å²) >= 11 is 16.0. The lowest BCUT2D eigenvalue weighted by atomic mass is 10.9. The van der Waals surface area contributed by atoms with E-state index in [1.165, 1.54) is 10.8 Å². The zero-order valence-electron chi connectivity index (χ0n) is 7.51. The fraction of sp³-hybridized carbons (Fsp3) is 0.500. The van der Waals surface area contributed by atoms with Crippen molar-refractivity contribution >= 4 is 53.9 Å². The molecular weight excluding hydrogens is 263 g/mol. The van der Waals surface area contributed by atoms with Gasteiger partial charge in [0, 0.05) is 0 Å². The van der Waals surface area contributed by atoms with Crippen molar-refractivity contribution in [3.8, 4) is 0 Å². The summed E-state index contributed by atoms with van der Waals surface area (Å²) in [6, 6.07) is 0. The molecule has 0 fully saturated rings. The minimum Gasteiger partial charge on any atom is -0.337 e. The summed E-state index contributed by atoms with van der Waals surface area (Å²) in [6.07, 6.45) is 0. The van der Waals surface area contributed by atoms with Crippen LogP contribution in [0.1, 0.15) is 0 Å². The maximum absolute atomic E-state index is 6.03. The van der Waals surface area contributed by atoms with Gasteiger partial charge in [0.25, 0.3) is 0 Å². The Morgan fingerprint density at radius 2 is 1.92 bits per heavy atom. The molecule has 0 saturated carbocycles. The number of rotatable bonds is 2. The zero-order chi connectivity index (χ0) is 10.2. The fourth-order valence-electron chi connectivity index (χ4n) is 0.999. The van der Waals surface area contributed by atoms with Gasteiger partial charge in [0.2, 0.25) is 0 Å². The molecule has 0 saturated heterocycles. The number of hydrogen-bond acceptors (Lipinski definition) is 3. The van der Waals surface area contributed by atoms with Crippen molar-refractivity contribution in [1.82, 2.24) is 9.22 Å². The van der Waals surface area contributed by atoms with Crippen LogP contribution in [0, 0.1) is 0 Å². The molecule has 0 aliphatic rings. The first-order chi connectivity index (χ1) is 5.88. The maximum Gasteiger partial charge on any atom is 0.173 e. The van der Waals surface area contributed by atoms with Crippen LogP contribution in [0.4, 0.5) is 0 Å². The summed E-state index contributed by atoms with van der Waals surface area (Å²) in [5, 5.41) is 1.66. The molecule has 0 N–H and O–H groups in total. The van der Waals surface area contributed by atoms with Gasteiger partial charge in [0.1, 0.15) is 5.15 Å². The number of halogens is 2. The number of nitrogens with zero attached hydrogens (tertiary/aromatic N) is 2. The monoisotopic (exact) mass is 272 g/mol. The van der Waals surface area contributed by atoms with Crippen LogP contribution in [-0.4, -0.2) is 17.5 Å². The predicted octanol–water partition coefficient (Wildman–Crippen LogP) is 3.81. The molecule has 0 aliphatic carbocycles. The van der Waals surface area contributed by atoms with Crippen molar-refractivity contribution in [1.29, 1.82) is 0 Å². The number of aromatic nitrogens is 2. The van der Waals surface area contributed by atoms with Crippen LogP contribution < -0.4 is 0 Å². The first kappa shape index (κ1) is 11.8. The van der Waals surface area contributed by atoms with Gasteiger partial charge in [-0.15, -0.1) is 11.7 Å². The summed E-state index contributed by atoms with van der Waals surface area (Å²) in [6.45, 7) is 6.51. The van der Waals surface area contributed by atoms with E-state index in [4.69, 9.17) is 23.2 Å². The SMILES string of the molecule is C[Si](C)(C)n1c(SS)nc(Cl)c1Cl. The highest BCUT2D eigenvalue weighted by atomic mass is 35.5. The Labute approximate surface area is 97.9 Å². The lowest BCUT2D eigenvalue weighted by molar-refractivity contribution is 0.948. The molecule has 2 nitrogen and oxygen atoms in total. The Kier molecular flexibility index (Phi) is 3.68. The molecule has 0 aromatic carbocycles. The smallest absolute Gasteiger partial charge is 0.173 e. The minimum absolute atomic E-state index is 0.362. The molecule has 0 spiro atoms. The fourth-order valence-corrected chi connectivity index (χ4v) is 5.40. The molecule has 13 heavy (non-hydrogen) atoms. The van der Waals surface area contributed by atoms with Crippen molar-refractivity contribution in [3.63, 3.8) is 0 Å². The van der Waals surface area contributed by atoms with Crippen molar-refractivity contribution in [2.24, 2.45) is 0 Å². The summed E-state index contributed by atoms with van der Waals surface area (Å²) in [7, 11) is -0.285. The standard InChI is InChI=1S/C6H10Cl2N2S2Si/c1-13(2,3)10-5(8)4(7)9-6(10)12-11/h11H,1-3H3. The van der Waals surface area contributed by atoms with E-state index in [1.54, 1.807) is 0 Å². The molecule has 0 radical (unpaired) electrons. The highest BCUT2D eigenvalue weighted by molar-refractivity contribution is 8.68. The van der Waals surface area contributed by atoms with E-state index < -0.39 is 8.24 Å². The van der Waals surface area contributed by atoms with Gasteiger partial charge in [-0.2, -0.15) is 0 Å². The van der Waals surface area contributed by atoms with Crippen molar-refractivity contribution in [2.45, 2.75) is 24.8 Å². The third-order valence-electron chi connectivity index (χ3n) is 1.50. The van der Waals surface area contributed by atoms with Crippen molar-refractivity contribution < 1.29 is 0 Å². The molecular formula is C6H10Cl2N2S2Si. The van der Waals surface area contributed by atoms with E-state index in [2.05, 4.69) is 36.3 Å². The minimum atomic E-state index is -1.55. The Morgan fingerprint density at radius 1 is 1.38 bits per heavy atom. The van der Waals surface area contributed by atoms with Gasteiger partial charge in [-0.3, -0.25) is 0 Å². The first-order valence-electron chi connectivity index (χ1n) is 3.63. The topological polar surface area (TPSA) is 17.8 Å². The number of imidazole rings is 1. The largest absolute Gasteiger partial charge is 0.337 e. The van der Waals surface area contributed by atoms with E-state index >= 15 is 0 Å². The molecule has 1 rings (SSSR count). The summed E-state index contributed by atoms with van der Waals surface area (Å²) < 4.78 is 1.99. The van der Waals surface area contributed by atoms with E-state index in [1.807, 2.05) is 4.23 Å². The van der Waals surface area contributed by atoms with Crippen LogP contribution >= 0.6 is 45.7 Å². The van der Waals surface area contributed by atoms with E-state index in [9.17, 15) is 0 Å². The van der Waals surface area contributed by atoms with Crippen LogP contribution in [0.25, 0.3) is 0 Å². The second kappa shape index (κ2) is 4.06. The highest BCUT2D eigenvalue weighted by Gasteiger charge is 2.25. The van der Waals surface area contributed by atoms with Gasteiger partial charge in [0.15, 0.2) is 18.5 Å². The van der Waals surface area contributed by atoms with E-state index in [0.29, 0.717) is 10.3 Å². The second-order valence-corrected chi connectivity index (χ2v) is 10.2. The van der Waals surface area contributed by atoms with Crippen molar-refractivity contribution in [2.75, 3.05) is 0 Å². The molecule has 1 heterocycles. The summed E-state index contributed by atoms with van der Waals surface area (Å²) in [5.74, 6) is 0. The molecule has 1 aromatic rings. The Hall–Kier alpha value is 0.707. The molecule has 1 aromatic heterocycles. The number of hydrogen-bond donors (Lipinski definition) is 1. The zero-order valence-corrected chi connectivity index (χ0v) is 11.7. The third kappa shape index (κ3) is 2.39. The van der Waals surface area contributed by atoms with Gasteiger partial charge >= 0.3 is 0 Å². The van der Waals surface area contributed by atoms with Crippen molar-refractivity contribution in [3.05, 3.63) is 10.3 Å².